The van der Waals surface area contributed by atoms with E-state index in [-0.39, 0.29) is 6.10 Å². The van der Waals surface area contributed by atoms with Crippen LogP contribution in [-0.4, -0.2) is 29.2 Å². The van der Waals surface area contributed by atoms with Crippen molar-refractivity contribution < 1.29 is 4.74 Å². The van der Waals surface area contributed by atoms with E-state index >= 15 is 0 Å². The van der Waals surface area contributed by atoms with E-state index in [1.165, 1.54) is 5.69 Å². The van der Waals surface area contributed by atoms with Gasteiger partial charge in [0.05, 0.1) is 12.3 Å². The van der Waals surface area contributed by atoms with Crippen molar-refractivity contribution in [1.82, 2.24) is 14.9 Å². The molecule has 1 unspecified atom stereocenters. The van der Waals surface area contributed by atoms with Crippen LogP contribution in [0.2, 0.25) is 0 Å². The van der Waals surface area contributed by atoms with Crippen LogP contribution in [0.25, 0.3) is 11.0 Å². The molecule has 1 aliphatic rings. The molecule has 17 heavy (non-hydrogen) atoms. The lowest BCUT2D eigenvalue weighted by molar-refractivity contribution is 0.0235. The molecule has 3 rings (SSSR count). The summed E-state index contributed by atoms with van der Waals surface area (Å²) in [5, 5.41) is 4.49. The van der Waals surface area contributed by atoms with E-state index in [2.05, 4.69) is 42.9 Å². The van der Waals surface area contributed by atoms with Gasteiger partial charge in [0, 0.05) is 36.2 Å². The normalized spacial score (nSPS) is 20.9. The Bertz CT molecular complexity index is 546. The third-order valence-corrected chi connectivity index (χ3v) is 3.56. The second-order valence-corrected chi connectivity index (χ2v) is 5.17. The molecule has 1 atom stereocenters. The molecule has 0 spiro atoms. The van der Waals surface area contributed by atoms with E-state index in [9.17, 15) is 0 Å². The predicted molar refractivity (Wildman–Crippen MR) is 70.0 cm³/mol. The van der Waals surface area contributed by atoms with Gasteiger partial charge in [0.25, 0.3) is 0 Å². The number of fused-ring (bicyclic) bond motifs is 1. The van der Waals surface area contributed by atoms with E-state index in [1.807, 2.05) is 13.2 Å². The average molecular weight is 296 g/mol. The fraction of sp³-hybridized carbons (Fsp3) is 0.417. The van der Waals surface area contributed by atoms with Crippen LogP contribution < -0.4 is 5.32 Å². The van der Waals surface area contributed by atoms with Gasteiger partial charge in [-0.1, -0.05) is 0 Å². The lowest BCUT2D eigenvalue weighted by atomic mass is 10.2. The molecule has 90 valence electrons. The fourth-order valence-electron chi connectivity index (χ4n) is 2.28. The molecule has 5 heteroatoms. The van der Waals surface area contributed by atoms with Crippen LogP contribution in [-0.2, 0) is 11.8 Å². The van der Waals surface area contributed by atoms with Gasteiger partial charge in [-0.15, -0.1) is 0 Å². The second kappa shape index (κ2) is 4.40. The van der Waals surface area contributed by atoms with Gasteiger partial charge in [0.15, 0.2) is 0 Å². The highest BCUT2D eigenvalue weighted by atomic mass is 79.9. The SMILES string of the molecule is Cn1c(C2CNCCO2)cc2cc(Br)cnc21. The lowest BCUT2D eigenvalue weighted by Crippen LogP contribution is -2.34. The van der Waals surface area contributed by atoms with Crippen LogP contribution >= 0.6 is 15.9 Å². The summed E-state index contributed by atoms with van der Waals surface area (Å²) in [4.78, 5) is 4.44. The van der Waals surface area contributed by atoms with Crippen LogP contribution in [0.4, 0.5) is 0 Å². The van der Waals surface area contributed by atoms with E-state index in [1.54, 1.807) is 0 Å². The lowest BCUT2D eigenvalue weighted by Gasteiger charge is -2.24. The number of morpholine rings is 1. The number of aromatic nitrogens is 2. The molecule has 2 aromatic rings. The zero-order valence-corrected chi connectivity index (χ0v) is 11.2. The van der Waals surface area contributed by atoms with Crippen LogP contribution in [0, 0.1) is 0 Å². The minimum Gasteiger partial charge on any atom is -0.369 e. The zero-order valence-electron chi connectivity index (χ0n) is 9.61. The first-order chi connectivity index (χ1) is 8.25. The second-order valence-electron chi connectivity index (χ2n) is 4.26. The highest BCUT2D eigenvalue weighted by Gasteiger charge is 2.20. The van der Waals surface area contributed by atoms with Crippen molar-refractivity contribution in [3.05, 3.63) is 28.5 Å². The Labute approximate surface area is 108 Å². The van der Waals surface area contributed by atoms with Gasteiger partial charge < -0.3 is 14.6 Å². The topological polar surface area (TPSA) is 39.1 Å². The smallest absolute Gasteiger partial charge is 0.139 e. The summed E-state index contributed by atoms with van der Waals surface area (Å²) in [6, 6.07) is 4.24. The van der Waals surface area contributed by atoms with Gasteiger partial charge >= 0.3 is 0 Å². The summed E-state index contributed by atoms with van der Waals surface area (Å²) in [5.41, 5.74) is 2.18. The van der Waals surface area contributed by atoms with Crippen molar-refractivity contribution in [3.63, 3.8) is 0 Å². The zero-order chi connectivity index (χ0) is 11.8. The molecular formula is C12H14BrN3O. The Kier molecular flexibility index (Phi) is 2.90. The monoisotopic (exact) mass is 295 g/mol. The Morgan fingerprint density at radius 1 is 1.53 bits per heavy atom. The molecule has 0 aliphatic carbocycles. The van der Waals surface area contributed by atoms with Gasteiger partial charge in [0.2, 0.25) is 0 Å². The number of rotatable bonds is 1. The maximum absolute atomic E-state index is 5.78. The van der Waals surface area contributed by atoms with Gasteiger partial charge in [0.1, 0.15) is 11.8 Å². The number of nitrogens with one attached hydrogen (secondary N) is 1. The number of halogens is 1. The van der Waals surface area contributed by atoms with E-state index in [0.717, 1.165) is 35.2 Å². The molecule has 1 fully saturated rings. The number of hydrogen-bond donors (Lipinski definition) is 1. The number of ether oxygens (including phenoxy) is 1. The van der Waals surface area contributed by atoms with E-state index in [4.69, 9.17) is 4.74 Å². The molecule has 4 nitrogen and oxygen atoms in total. The average Bonchev–Trinajstić information content (AvgIpc) is 2.67. The molecule has 0 amide bonds. The fourth-order valence-corrected chi connectivity index (χ4v) is 2.63. The molecule has 0 bridgehead atoms. The third kappa shape index (κ3) is 1.99. The largest absolute Gasteiger partial charge is 0.369 e. The Balaban J connectivity index is 2.07. The van der Waals surface area contributed by atoms with Crippen molar-refractivity contribution in [2.75, 3.05) is 19.7 Å². The summed E-state index contributed by atoms with van der Waals surface area (Å²) in [6.07, 6.45) is 1.95. The number of aryl methyl sites for hydroxylation is 1. The molecule has 1 aliphatic heterocycles. The van der Waals surface area contributed by atoms with Crippen molar-refractivity contribution in [2.24, 2.45) is 7.05 Å². The number of nitrogens with zero attached hydrogens (tertiary/aromatic N) is 2. The molecule has 0 radical (unpaired) electrons. The van der Waals surface area contributed by atoms with Crippen LogP contribution in [0.1, 0.15) is 11.8 Å². The van der Waals surface area contributed by atoms with Crippen LogP contribution in [0.3, 0.4) is 0 Å². The Hall–Kier alpha value is -0.910. The maximum atomic E-state index is 5.78. The van der Waals surface area contributed by atoms with Gasteiger partial charge in [-0.3, -0.25) is 0 Å². The molecule has 1 saturated heterocycles. The minimum atomic E-state index is 0.127. The van der Waals surface area contributed by atoms with Crippen LogP contribution in [0.15, 0.2) is 22.8 Å². The first-order valence-corrected chi connectivity index (χ1v) is 6.48. The van der Waals surface area contributed by atoms with Crippen molar-refractivity contribution in [2.45, 2.75) is 6.10 Å². The third-order valence-electron chi connectivity index (χ3n) is 3.13. The van der Waals surface area contributed by atoms with Gasteiger partial charge in [-0.2, -0.15) is 0 Å². The standard InChI is InChI=1S/C12H14BrN3O/c1-16-10(11-7-14-2-3-17-11)5-8-4-9(13)6-15-12(8)16/h4-6,11,14H,2-3,7H2,1H3. The molecule has 0 aromatic carbocycles. The highest BCUT2D eigenvalue weighted by Crippen LogP contribution is 2.26. The molecule has 3 heterocycles. The van der Waals surface area contributed by atoms with Crippen molar-refractivity contribution in [1.29, 1.82) is 0 Å². The first-order valence-electron chi connectivity index (χ1n) is 5.69. The quantitative estimate of drug-likeness (QED) is 0.875. The molecule has 2 aromatic heterocycles. The molecule has 1 N–H and O–H groups in total. The Morgan fingerprint density at radius 3 is 3.18 bits per heavy atom. The summed E-state index contributed by atoms with van der Waals surface area (Å²) < 4.78 is 8.90. The molecule has 0 saturated carbocycles. The Morgan fingerprint density at radius 2 is 2.41 bits per heavy atom. The van der Waals surface area contributed by atoms with Gasteiger partial charge in [-0.25, -0.2) is 4.98 Å². The number of hydrogen-bond acceptors (Lipinski definition) is 3. The van der Waals surface area contributed by atoms with Crippen molar-refractivity contribution in [3.8, 4) is 0 Å². The maximum Gasteiger partial charge on any atom is 0.139 e. The van der Waals surface area contributed by atoms with E-state index in [0.29, 0.717) is 0 Å². The summed E-state index contributed by atoms with van der Waals surface area (Å²) in [5.74, 6) is 0. The van der Waals surface area contributed by atoms with Crippen molar-refractivity contribution >= 4 is 27.0 Å². The van der Waals surface area contributed by atoms with Crippen LogP contribution in [0.5, 0.6) is 0 Å². The van der Waals surface area contributed by atoms with E-state index < -0.39 is 0 Å². The first kappa shape index (κ1) is 11.2. The predicted octanol–water partition coefficient (Wildman–Crippen LogP) is 2.00. The summed E-state index contributed by atoms with van der Waals surface area (Å²) in [6.45, 7) is 2.57. The summed E-state index contributed by atoms with van der Waals surface area (Å²) >= 11 is 3.45. The highest BCUT2D eigenvalue weighted by molar-refractivity contribution is 9.10. The van der Waals surface area contributed by atoms with Gasteiger partial charge in [-0.05, 0) is 28.1 Å². The minimum absolute atomic E-state index is 0.127. The summed E-state index contributed by atoms with van der Waals surface area (Å²) in [7, 11) is 2.04. The molecular weight excluding hydrogens is 282 g/mol. The number of pyridine rings is 1.